The van der Waals surface area contributed by atoms with Gasteiger partial charge in [-0.1, -0.05) is 43.3 Å². The predicted octanol–water partition coefficient (Wildman–Crippen LogP) is 4.22. The molecule has 0 spiro atoms. The highest BCUT2D eigenvalue weighted by atomic mass is 32.2. The Kier molecular flexibility index (Phi) is 4.53. The average Bonchev–Trinajstić information content (AvgIpc) is 3.30. The molecule has 0 fully saturated rings. The maximum atomic E-state index is 13.8. The van der Waals surface area contributed by atoms with Gasteiger partial charge in [-0.3, -0.25) is 4.79 Å². The molecule has 0 saturated carbocycles. The lowest BCUT2D eigenvalue weighted by Gasteiger charge is -2.26. The van der Waals surface area contributed by atoms with E-state index < -0.39 is 0 Å². The maximum Gasteiger partial charge on any atom is 0.268 e. The highest BCUT2D eigenvalue weighted by Gasteiger charge is 2.29. The Balaban J connectivity index is 1.89. The van der Waals surface area contributed by atoms with Crippen molar-refractivity contribution in [2.75, 3.05) is 6.26 Å². The second-order valence-corrected chi connectivity index (χ2v) is 9.64. The van der Waals surface area contributed by atoms with Crippen LogP contribution in [0, 0.1) is 12.8 Å². The molecular formula is C21H22N4O2S2. The topological polar surface area (TPSA) is 61.4 Å². The zero-order chi connectivity index (χ0) is 20.3. The van der Waals surface area contributed by atoms with Crippen LogP contribution < -0.4 is 5.56 Å². The third-order valence-corrected chi connectivity index (χ3v) is 7.38. The first-order valence-electron chi connectivity index (χ1n) is 9.66. The SMILES string of the molecule is CSc1nnc2n(-c3ccc(C)cc3)c(=O)c3c4c(sc3n12)CO[C@H](C(C)C)C4. The summed E-state index contributed by atoms with van der Waals surface area (Å²) in [6, 6.07) is 7.96. The van der Waals surface area contributed by atoms with Crippen molar-refractivity contribution >= 4 is 39.1 Å². The van der Waals surface area contributed by atoms with Crippen molar-refractivity contribution in [3.8, 4) is 5.69 Å². The molecule has 0 N–H and O–H groups in total. The molecule has 8 heteroatoms. The number of aromatic nitrogens is 4. The van der Waals surface area contributed by atoms with Gasteiger partial charge < -0.3 is 4.74 Å². The van der Waals surface area contributed by atoms with E-state index in [4.69, 9.17) is 4.74 Å². The Bertz CT molecular complexity index is 1280. The summed E-state index contributed by atoms with van der Waals surface area (Å²) < 4.78 is 9.79. The molecule has 0 saturated heterocycles. The number of rotatable bonds is 3. The summed E-state index contributed by atoms with van der Waals surface area (Å²) in [6.07, 6.45) is 2.87. The third-order valence-electron chi connectivity index (χ3n) is 5.56. The molecule has 3 aromatic heterocycles. The number of hydrogen-bond acceptors (Lipinski definition) is 6. The van der Waals surface area contributed by atoms with Crippen LogP contribution in [0.5, 0.6) is 0 Å². The van der Waals surface area contributed by atoms with Crippen molar-refractivity contribution in [1.29, 1.82) is 0 Å². The Morgan fingerprint density at radius 3 is 2.69 bits per heavy atom. The zero-order valence-electron chi connectivity index (χ0n) is 16.8. The highest BCUT2D eigenvalue weighted by Crippen LogP contribution is 2.37. The summed E-state index contributed by atoms with van der Waals surface area (Å²) in [5.74, 6) is 0.952. The van der Waals surface area contributed by atoms with E-state index in [2.05, 4.69) is 24.0 Å². The van der Waals surface area contributed by atoms with Crippen molar-refractivity contribution in [2.24, 2.45) is 5.92 Å². The van der Waals surface area contributed by atoms with Crippen LogP contribution >= 0.6 is 23.1 Å². The molecule has 4 heterocycles. The largest absolute Gasteiger partial charge is 0.372 e. The molecule has 0 amide bonds. The second-order valence-electron chi connectivity index (χ2n) is 7.78. The van der Waals surface area contributed by atoms with Crippen LogP contribution in [-0.4, -0.2) is 31.5 Å². The van der Waals surface area contributed by atoms with Crippen LogP contribution in [-0.2, 0) is 17.8 Å². The number of thiophene rings is 1. The van der Waals surface area contributed by atoms with Gasteiger partial charge in [0.25, 0.3) is 5.56 Å². The standard InChI is InChI=1S/C21H22N4O2S2/c1-11(2)15-9-14-16(10-27-15)29-19-17(14)18(26)24(13-7-5-12(3)6-8-13)20-22-23-21(28-4)25(19)20/h5-8,11,15H,9-10H2,1-4H3/t15-/m0/s1. The van der Waals surface area contributed by atoms with E-state index in [-0.39, 0.29) is 11.7 Å². The molecule has 1 aliphatic heterocycles. The van der Waals surface area contributed by atoms with Gasteiger partial charge in [0, 0.05) is 11.3 Å². The molecule has 1 atom stereocenters. The number of ether oxygens (including phenoxy) is 1. The lowest BCUT2D eigenvalue weighted by atomic mass is 9.96. The third kappa shape index (κ3) is 2.85. The van der Waals surface area contributed by atoms with Gasteiger partial charge in [0.05, 0.1) is 23.8 Å². The summed E-state index contributed by atoms with van der Waals surface area (Å²) >= 11 is 3.16. The van der Waals surface area contributed by atoms with Crippen molar-refractivity contribution in [1.82, 2.24) is 19.2 Å². The fourth-order valence-electron chi connectivity index (χ4n) is 3.93. The van der Waals surface area contributed by atoms with E-state index in [0.717, 1.165) is 43.5 Å². The lowest BCUT2D eigenvalue weighted by molar-refractivity contribution is 0.00200. The number of thioether (sulfide) groups is 1. The Morgan fingerprint density at radius 1 is 1.24 bits per heavy atom. The smallest absolute Gasteiger partial charge is 0.268 e. The number of benzene rings is 1. The van der Waals surface area contributed by atoms with Crippen LogP contribution in [0.15, 0.2) is 34.2 Å². The summed E-state index contributed by atoms with van der Waals surface area (Å²) in [5, 5.41) is 10.3. The van der Waals surface area contributed by atoms with Crippen LogP contribution in [0.2, 0.25) is 0 Å². The molecule has 29 heavy (non-hydrogen) atoms. The minimum absolute atomic E-state index is 0.0293. The van der Waals surface area contributed by atoms with E-state index in [1.54, 1.807) is 15.9 Å². The molecule has 5 rings (SSSR count). The fraction of sp³-hybridized carbons (Fsp3) is 0.381. The van der Waals surface area contributed by atoms with E-state index in [9.17, 15) is 4.79 Å². The molecule has 0 unspecified atom stereocenters. The normalized spacial score (nSPS) is 16.8. The summed E-state index contributed by atoms with van der Waals surface area (Å²) in [5.41, 5.74) is 3.05. The van der Waals surface area contributed by atoms with Crippen molar-refractivity contribution < 1.29 is 4.74 Å². The minimum Gasteiger partial charge on any atom is -0.372 e. The number of fused-ring (bicyclic) bond motifs is 5. The highest BCUT2D eigenvalue weighted by molar-refractivity contribution is 7.98. The summed E-state index contributed by atoms with van der Waals surface area (Å²) in [7, 11) is 0. The Morgan fingerprint density at radius 2 is 2.00 bits per heavy atom. The van der Waals surface area contributed by atoms with Gasteiger partial charge in [0.1, 0.15) is 4.83 Å². The average molecular weight is 427 g/mol. The fourth-order valence-corrected chi connectivity index (χ4v) is 5.70. The van der Waals surface area contributed by atoms with Crippen molar-refractivity contribution in [3.63, 3.8) is 0 Å². The second kappa shape index (κ2) is 6.97. The predicted molar refractivity (Wildman–Crippen MR) is 118 cm³/mol. The lowest BCUT2D eigenvalue weighted by Crippen LogP contribution is -2.28. The first-order valence-corrected chi connectivity index (χ1v) is 11.7. The molecule has 1 aliphatic rings. The summed E-state index contributed by atoms with van der Waals surface area (Å²) in [4.78, 5) is 15.8. The molecule has 6 nitrogen and oxygen atoms in total. The van der Waals surface area contributed by atoms with E-state index >= 15 is 0 Å². The zero-order valence-corrected chi connectivity index (χ0v) is 18.4. The van der Waals surface area contributed by atoms with Gasteiger partial charge in [0.2, 0.25) is 5.78 Å². The van der Waals surface area contributed by atoms with Gasteiger partial charge in [0.15, 0.2) is 5.16 Å². The molecule has 1 aromatic carbocycles. The van der Waals surface area contributed by atoms with Crippen LogP contribution in [0.4, 0.5) is 0 Å². The van der Waals surface area contributed by atoms with Gasteiger partial charge in [-0.15, -0.1) is 21.5 Å². The first kappa shape index (κ1) is 18.8. The van der Waals surface area contributed by atoms with Gasteiger partial charge in [-0.2, -0.15) is 0 Å². The van der Waals surface area contributed by atoms with E-state index in [1.807, 2.05) is 41.8 Å². The molecule has 0 bridgehead atoms. The number of hydrogen-bond donors (Lipinski definition) is 0. The first-order chi connectivity index (χ1) is 14.0. The Labute approximate surface area is 176 Å². The van der Waals surface area contributed by atoms with Crippen LogP contribution in [0.25, 0.3) is 21.7 Å². The van der Waals surface area contributed by atoms with Crippen LogP contribution in [0.3, 0.4) is 0 Å². The van der Waals surface area contributed by atoms with E-state index in [1.165, 1.54) is 11.8 Å². The van der Waals surface area contributed by atoms with Gasteiger partial charge in [-0.05, 0) is 36.8 Å². The number of nitrogens with zero attached hydrogens (tertiary/aromatic N) is 4. The van der Waals surface area contributed by atoms with E-state index in [0.29, 0.717) is 18.3 Å². The maximum absolute atomic E-state index is 13.8. The quantitative estimate of drug-likeness (QED) is 0.459. The molecule has 0 aliphatic carbocycles. The molecule has 4 aromatic rings. The molecular weight excluding hydrogens is 404 g/mol. The molecule has 0 radical (unpaired) electrons. The summed E-state index contributed by atoms with van der Waals surface area (Å²) in [6.45, 7) is 6.92. The van der Waals surface area contributed by atoms with Crippen molar-refractivity contribution in [2.45, 2.75) is 45.1 Å². The Hall–Kier alpha value is -2.16. The monoisotopic (exact) mass is 426 g/mol. The molecule has 150 valence electrons. The number of aryl methyl sites for hydroxylation is 1. The van der Waals surface area contributed by atoms with Crippen molar-refractivity contribution in [3.05, 3.63) is 50.6 Å². The van der Waals surface area contributed by atoms with Gasteiger partial charge in [-0.25, -0.2) is 8.97 Å². The minimum atomic E-state index is -0.0293. The van der Waals surface area contributed by atoms with Gasteiger partial charge >= 0.3 is 0 Å². The van der Waals surface area contributed by atoms with Crippen LogP contribution in [0.1, 0.15) is 29.9 Å².